The van der Waals surface area contributed by atoms with Gasteiger partial charge in [-0.15, -0.1) is 0 Å². The Morgan fingerprint density at radius 3 is 2.64 bits per heavy atom. The highest BCUT2D eigenvalue weighted by atomic mass is 15.2. The topological polar surface area (TPSA) is 97.5 Å². The van der Waals surface area contributed by atoms with E-state index in [1.54, 1.807) is 0 Å². The summed E-state index contributed by atoms with van der Waals surface area (Å²) in [5.41, 5.74) is 16.7. The van der Waals surface area contributed by atoms with Crippen LogP contribution in [-0.2, 0) is 0 Å². The van der Waals surface area contributed by atoms with Crippen molar-refractivity contribution in [1.82, 2.24) is 0 Å². The van der Waals surface area contributed by atoms with Gasteiger partial charge in [-0.25, -0.2) is 0 Å². The molecule has 0 saturated carbocycles. The lowest BCUT2D eigenvalue weighted by Gasteiger charge is -2.17. The number of allylic oxidation sites excluding steroid dienone is 1. The summed E-state index contributed by atoms with van der Waals surface area (Å²) in [5, 5.41) is 7.26. The van der Waals surface area contributed by atoms with Crippen molar-refractivity contribution >= 4 is 0 Å². The average molecular weight is 192 g/mol. The van der Waals surface area contributed by atoms with E-state index in [2.05, 4.69) is 20.1 Å². The van der Waals surface area contributed by atoms with E-state index >= 15 is 0 Å². The zero-order valence-electron chi connectivity index (χ0n) is 7.82. The van der Waals surface area contributed by atoms with Crippen molar-refractivity contribution in [1.29, 1.82) is 0 Å². The Morgan fingerprint density at radius 1 is 1.14 bits per heavy atom. The Labute approximate surface area is 81.9 Å². The molecule has 1 rings (SSSR count). The molecule has 0 aliphatic heterocycles. The molecule has 0 aromatic carbocycles. The molecule has 0 heterocycles. The molecule has 0 spiro atoms. The summed E-state index contributed by atoms with van der Waals surface area (Å²) in [6.45, 7) is 0. The van der Waals surface area contributed by atoms with Crippen LogP contribution in [0.5, 0.6) is 0 Å². The van der Waals surface area contributed by atoms with E-state index in [9.17, 15) is 0 Å². The van der Waals surface area contributed by atoms with Crippen LogP contribution in [0.3, 0.4) is 0 Å². The molecule has 0 amide bonds. The molecular weight excluding hydrogens is 180 g/mol. The number of nitrogens with zero attached hydrogens (tertiary/aromatic N) is 6. The highest BCUT2D eigenvalue weighted by Gasteiger charge is 2.17. The quantitative estimate of drug-likeness (QED) is 0.277. The Morgan fingerprint density at radius 2 is 1.93 bits per heavy atom. The summed E-state index contributed by atoms with van der Waals surface area (Å²) >= 11 is 0. The molecule has 6 nitrogen and oxygen atoms in total. The van der Waals surface area contributed by atoms with Crippen LogP contribution in [0.15, 0.2) is 22.4 Å². The maximum Gasteiger partial charge on any atom is 0.0639 e. The molecule has 0 N–H and O–H groups in total. The standard InChI is InChI=1S/C8H12N6/c9-13-11-7-5-3-1-2-4-6-8(7)12-14-10/h3,5,7-8H,1-2,4,6H2/b5-3-/t7-,8+/m1/s1. The maximum atomic E-state index is 8.37. The van der Waals surface area contributed by atoms with Crippen LogP contribution in [0.1, 0.15) is 25.7 Å². The molecule has 1 aliphatic carbocycles. The van der Waals surface area contributed by atoms with Crippen molar-refractivity contribution in [2.75, 3.05) is 0 Å². The SMILES string of the molecule is [N-]=[N+]=N[C@H]1CCCC/C=C\[C@H]1N=[N+]=[N-]. The molecule has 0 radical (unpaired) electrons. The first-order chi connectivity index (χ1) is 6.88. The fraction of sp³-hybridized carbons (Fsp3) is 0.750. The minimum absolute atomic E-state index is 0.229. The highest BCUT2D eigenvalue weighted by Crippen LogP contribution is 2.18. The number of azide groups is 2. The molecule has 0 bridgehead atoms. The van der Waals surface area contributed by atoms with Crippen molar-refractivity contribution in [3.05, 3.63) is 33.0 Å². The molecule has 0 unspecified atom stereocenters. The van der Waals surface area contributed by atoms with Crippen LogP contribution < -0.4 is 0 Å². The predicted molar refractivity (Wildman–Crippen MR) is 53.5 cm³/mol. The number of hydrogen-bond donors (Lipinski definition) is 0. The first kappa shape index (κ1) is 10.4. The third kappa shape index (κ3) is 3.01. The molecule has 0 saturated heterocycles. The predicted octanol–water partition coefficient (Wildman–Crippen LogP) is 3.47. The van der Waals surface area contributed by atoms with E-state index in [4.69, 9.17) is 11.1 Å². The second-order valence-corrected chi connectivity index (χ2v) is 3.18. The van der Waals surface area contributed by atoms with Gasteiger partial charge in [-0.3, -0.25) is 0 Å². The summed E-state index contributed by atoms with van der Waals surface area (Å²) in [7, 11) is 0. The minimum atomic E-state index is -0.323. The van der Waals surface area contributed by atoms with Gasteiger partial charge in [-0.05, 0) is 30.3 Å². The summed E-state index contributed by atoms with van der Waals surface area (Å²) in [6, 6.07) is -0.552. The van der Waals surface area contributed by atoms with Crippen molar-refractivity contribution in [3.8, 4) is 0 Å². The van der Waals surface area contributed by atoms with Crippen LogP contribution in [0, 0.1) is 0 Å². The fourth-order valence-corrected chi connectivity index (χ4v) is 1.52. The van der Waals surface area contributed by atoms with Crippen LogP contribution >= 0.6 is 0 Å². The van der Waals surface area contributed by atoms with E-state index in [1.807, 2.05) is 12.2 Å². The first-order valence-corrected chi connectivity index (χ1v) is 4.63. The summed E-state index contributed by atoms with van der Waals surface area (Å²) < 4.78 is 0. The Hall–Kier alpha value is -1.64. The monoisotopic (exact) mass is 192 g/mol. The lowest BCUT2D eigenvalue weighted by molar-refractivity contribution is 0.510. The highest BCUT2D eigenvalue weighted by molar-refractivity contribution is 5.01. The second kappa shape index (κ2) is 5.91. The van der Waals surface area contributed by atoms with Gasteiger partial charge >= 0.3 is 0 Å². The molecule has 0 aromatic rings. The van der Waals surface area contributed by atoms with Gasteiger partial charge in [0.05, 0.1) is 6.04 Å². The Bertz CT molecular complexity index is 297. The van der Waals surface area contributed by atoms with Crippen molar-refractivity contribution in [2.45, 2.75) is 37.8 Å². The van der Waals surface area contributed by atoms with Gasteiger partial charge in [0.15, 0.2) is 0 Å². The van der Waals surface area contributed by atoms with E-state index in [0.717, 1.165) is 25.7 Å². The third-order valence-corrected chi connectivity index (χ3v) is 2.23. The van der Waals surface area contributed by atoms with Crippen LogP contribution in [0.4, 0.5) is 0 Å². The van der Waals surface area contributed by atoms with Gasteiger partial charge in [0.25, 0.3) is 0 Å². The van der Waals surface area contributed by atoms with E-state index in [1.165, 1.54) is 0 Å². The minimum Gasteiger partial charge on any atom is -0.0899 e. The van der Waals surface area contributed by atoms with Gasteiger partial charge in [-0.1, -0.05) is 28.8 Å². The van der Waals surface area contributed by atoms with Gasteiger partial charge in [-0.2, -0.15) is 0 Å². The molecular formula is C8H12N6. The second-order valence-electron chi connectivity index (χ2n) is 3.18. The molecule has 1 aliphatic rings. The third-order valence-electron chi connectivity index (χ3n) is 2.23. The average Bonchev–Trinajstić information content (AvgIpc) is 2.16. The first-order valence-electron chi connectivity index (χ1n) is 4.63. The smallest absolute Gasteiger partial charge is 0.0639 e. The van der Waals surface area contributed by atoms with Gasteiger partial charge in [0, 0.05) is 15.9 Å². The van der Waals surface area contributed by atoms with Crippen molar-refractivity contribution < 1.29 is 0 Å². The van der Waals surface area contributed by atoms with Gasteiger partial charge in [0.2, 0.25) is 0 Å². The van der Waals surface area contributed by atoms with Crippen LogP contribution in [0.2, 0.25) is 0 Å². The number of hydrogen-bond acceptors (Lipinski definition) is 2. The molecule has 2 atom stereocenters. The Kier molecular flexibility index (Phi) is 4.41. The van der Waals surface area contributed by atoms with Crippen molar-refractivity contribution in [3.63, 3.8) is 0 Å². The van der Waals surface area contributed by atoms with E-state index in [0.29, 0.717) is 0 Å². The largest absolute Gasteiger partial charge is 0.0899 e. The van der Waals surface area contributed by atoms with E-state index in [-0.39, 0.29) is 12.1 Å². The lowest BCUT2D eigenvalue weighted by Crippen LogP contribution is -2.20. The molecule has 0 aromatic heterocycles. The molecule has 0 fully saturated rings. The zero-order chi connectivity index (χ0) is 10.2. The molecule has 74 valence electrons. The maximum absolute atomic E-state index is 8.37. The summed E-state index contributed by atoms with van der Waals surface area (Å²) in [4.78, 5) is 5.53. The van der Waals surface area contributed by atoms with E-state index < -0.39 is 0 Å². The zero-order valence-corrected chi connectivity index (χ0v) is 7.82. The summed E-state index contributed by atoms with van der Waals surface area (Å²) in [6.07, 6.45) is 7.71. The van der Waals surface area contributed by atoms with Gasteiger partial charge < -0.3 is 0 Å². The summed E-state index contributed by atoms with van der Waals surface area (Å²) in [5.74, 6) is 0. The Balaban J connectivity index is 2.82. The van der Waals surface area contributed by atoms with Gasteiger partial charge in [0.1, 0.15) is 0 Å². The molecule has 6 heteroatoms. The van der Waals surface area contributed by atoms with Crippen LogP contribution in [0.25, 0.3) is 20.9 Å². The molecule has 14 heavy (non-hydrogen) atoms. The normalized spacial score (nSPS) is 28.9. The van der Waals surface area contributed by atoms with Crippen molar-refractivity contribution in [2.24, 2.45) is 10.2 Å². The fourth-order valence-electron chi connectivity index (χ4n) is 1.52. The van der Waals surface area contributed by atoms with Crippen LogP contribution in [-0.4, -0.2) is 12.1 Å². The lowest BCUT2D eigenvalue weighted by atomic mass is 9.98. The number of rotatable bonds is 2.